The molecule has 0 saturated carbocycles. The zero-order chi connectivity index (χ0) is 9.68. The van der Waals surface area contributed by atoms with Crippen LogP contribution in [0, 0.1) is 0 Å². The van der Waals surface area contributed by atoms with Gasteiger partial charge in [0, 0.05) is 22.7 Å². The van der Waals surface area contributed by atoms with E-state index in [2.05, 4.69) is 26.7 Å². The van der Waals surface area contributed by atoms with Gasteiger partial charge in [0.25, 0.3) is 0 Å². The van der Waals surface area contributed by atoms with Crippen molar-refractivity contribution in [2.75, 3.05) is 0 Å². The summed E-state index contributed by atoms with van der Waals surface area (Å²) in [6.07, 6.45) is 3.25. The van der Waals surface area contributed by atoms with Crippen LogP contribution in [-0.4, -0.2) is 5.78 Å². The van der Waals surface area contributed by atoms with Crippen molar-refractivity contribution in [3.8, 4) is 0 Å². The first kappa shape index (κ1) is 10.9. The van der Waals surface area contributed by atoms with Crippen LogP contribution >= 0.6 is 27.3 Å². The predicted octanol–water partition coefficient (Wildman–Crippen LogP) is 3.81. The van der Waals surface area contributed by atoms with Crippen LogP contribution in [0.25, 0.3) is 0 Å². The number of aryl methyl sites for hydroxylation is 1. The Morgan fingerprint density at radius 1 is 1.46 bits per heavy atom. The Kier molecular flexibility index (Phi) is 4.67. The second-order valence-electron chi connectivity index (χ2n) is 3.03. The Balaban J connectivity index is 2.35. The highest BCUT2D eigenvalue weighted by molar-refractivity contribution is 9.10. The van der Waals surface area contributed by atoms with Gasteiger partial charge in [-0.15, -0.1) is 0 Å². The van der Waals surface area contributed by atoms with E-state index in [4.69, 9.17) is 0 Å². The van der Waals surface area contributed by atoms with Crippen LogP contribution in [0.1, 0.15) is 31.7 Å². The van der Waals surface area contributed by atoms with E-state index in [1.807, 2.05) is 6.92 Å². The lowest BCUT2D eigenvalue weighted by atomic mass is 10.1. The highest BCUT2D eigenvalue weighted by Crippen LogP contribution is 2.22. The molecule has 0 bridgehead atoms. The van der Waals surface area contributed by atoms with Crippen LogP contribution < -0.4 is 0 Å². The van der Waals surface area contributed by atoms with Crippen molar-refractivity contribution in [2.24, 2.45) is 0 Å². The first-order valence-corrected chi connectivity index (χ1v) is 6.20. The van der Waals surface area contributed by atoms with E-state index in [0.717, 1.165) is 23.7 Å². The van der Waals surface area contributed by atoms with Gasteiger partial charge in [-0.05, 0) is 39.7 Å². The molecular weight excluding hydrogens is 248 g/mol. The van der Waals surface area contributed by atoms with Gasteiger partial charge in [-0.3, -0.25) is 4.79 Å². The van der Waals surface area contributed by atoms with Crippen LogP contribution in [0.3, 0.4) is 0 Å². The van der Waals surface area contributed by atoms with E-state index in [1.54, 1.807) is 11.3 Å². The van der Waals surface area contributed by atoms with Crippen LogP contribution in [0.15, 0.2) is 15.2 Å². The lowest BCUT2D eigenvalue weighted by Crippen LogP contribution is -1.98. The molecule has 0 N–H and O–H groups in total. The molecule has 0 atom stereocenters. The maximum atomic E-state index is 11.2. The number of carbonyl (C=O) groups is 1. The molecule has 3 heteroatoms. The van der Waals surface area contributed by atoms with Gasteiger partial charge >= 0.3 is 0 Å². The Morgan fingerprint density at radius 2 is 2.23 bits per heavy atom. The van der Waals surface area contributed by atoms with E-state index in [-0.39, 0.29) is 0 Å². The van der Waals surface area contributed by atoms with Gasteiger partial charge < -0.3 is 0 Å². The third kappa shape index (κ3) is 3.61. The second-order valence-corrected chi connectivity index (χ2v) is 4.63. The zero-order valence-corrected chi connectivity index (χ0v) is 10.1. The number of halogens is 1. The molecule has 0 aliphatic carbocycles. The summed E-state index contributed by atoms with van der Waals surface area (Å²) in [5.74, 6) is 0.376. The van der Waals surface area contributed by atoms with Crippen LogP contribution in [-0.2, 0) is 11.2 Å². The van der Waals surface area contributed by atoms with Gasteiger partial charge in [-0.1, -0.05) is 6.92 Å². The van der Waals surface area contributed by atoms with Crippen molar-refractivity contribution in [1.29, 1.82) is 0 Å². The minimum Gasteiger partial charge on any atom is -0.300 e. The molecule has 1 nitrogen and oxygen atoms in total. The SMILES string of the molecule is CCCC(=O)CCc1cscc1Br. The average Bonchev–Trinajstić information content (AvgIpc) is 2.48. The second kappa shape index (κ2) is 5.55. The van der Waals surface area contributed by atoms with E-state index >= 15 is 0 Å². The molecule has 0 radical (unpaired) electrons. The molecule has 0 aliphatic rings. The molecule has 0 aromatic carbocycles. The lowest BCUT2D eigenvalue weighted by molar-refractivity contribution is -0.119. The van der Waals surface area contributed by atoms with Crippen LogP contribution in [0.4, 0.5) is 0 Å². The molecule has 1 aromatic heterocycles. The van der Waals surface area contributed by atoms with E-state index in [9.17, 15) is 4.79 Å². The standard InChI is InChI=1S/C10H13BrOS/c1-2-3-9(12)5-4-8-6-13-7-10(8)11/h6-7H,2-5H2,1H3. The number of carbonyl (C=O) groups excluding carboxylic acids is 1. The van der Waals surface area contributed by atoms with E-state index in [1.165, 1.54) is 5.56 Å². The number of hydrogen-bond donors (Lipinski definition) is 0. The molecule has 0 aliphatic heterocycles. The molecule has 13 heavy (non-hydrogen) atoms. The minimum absolute atomic E-state index is 0.376. The Hall–Kier alpha value is -0.150. The average molecular weight is 261 g/mol. The summed E-state index contributed by atoms with van der Waals surface area (Å²) in [6, 6.07) is 0. The first-order valence-electron chi connectivity index (χ1n) is 4.46. The number of ketones is 1. The molecule has 0 unspecified atom stereocenters. The van der Waals surface area contributed by atoms with Crippen LogP contribution in [0.5, 0.6) is 0 Å². The summed E-state index contributed by atoms with van der Waals surface area (Å²) < 4.78 is 1.14. The van der Waals surface area contributed by atoms with Crippen LogP contribution in [0.2, 0.25) is 0 Å². The van der Waals surface area contributed by atoms with Crippen molar-refractivity contribution in [2.45, 2.75) is 32.6 Å². The maximum absolute atomic E-state index is 11.2. The quantitative estimate of drug-likeness (QED) is 0.787. The highest BCUT2D eigenvalue weighted by atomic mass is 79.9. The fourth-order valence-electron chi connectivity index (χ4n) is 1.16. The Bertz CT molecular complexity index is 280. The molecule has 1 rings (SSSR count). The number of thiophene rings is 1. The van der Waals surface area contributed by atoms with Gasteiger partial charge in [0.2, 0.25) is 0 Å². The smallest absolute Gasteiger partial charge is 0.133 e. The third-order valence-electron chi connectivity index (χ3n) is 1.89. The maximum Gasteiger partial charge on any atom is 0.133 e. The molecule has 1 heterocycles. The van der Waals surface area contributed by atoms with Crippen molar-refractivity contribution < 1.29 is 4.79 Å². The Morgan fingerprint density at radius 3 is 2.77 bits per heavy atom. The fraction of sp³-hybridized carbons (Fsp3) is 0.500. The summed E-state index contributed by atoms with van der Waals surface area (Å²) in [6.45, 7) is 2.04. The van der Waals surface area contributed by atoms with Gasteiger partial charge in [-0.25, -0.2) is 0 Å². The van der Waals surface area contributed by atoms with Crippen molar-refractivity contribution in [3.63, 3.8) is 0 Å². The Labute approximate surface area is 91.3 Å². The third-order valence-corrected chi connectivity index (χ3v) is 3.72. The van der Waals surface area contributed by atoms with Gasteiger partial charge in [0.05, 0.1) is 0 Å². The summed E-state index contributed by atoms with van der Waals surface area (Å²) in [4.78, 5) is 11.2. The molecular formula is C10H13BrOS. The largest absolute Gasteiger partial charge is 0.300 e. The van der Waals surface area contributed by atoms with Gasteiger partial charge in [-0.2, -0.15) is 11.3 Å². The summed E-state index contributed by atoms with van der Waals surface area (Å²) in [5, 5.41) is 4.16. The normalized spacial score (nSPS) is 10.3. The molecule has 72 valence electrons. The zero-order valence-electron chi connectivity index (χ0n) is 7.68. The molecule has 1 aromatic rings. The van der Waals surface area contributed by atoms with Crippen molar-refractivity contribution in [3.05, 3.63) is 20.8 Å². The summed E-state index contributed by atoms with van der Waals surface area (Å²) in [5.41, 5.74) is 1.26. The van der Waals surface area contributed by atoms with E-state index in [0.29, 0.717) is 12.2 Å². The molecule has 0 spiro atoms. The lowest BCUT2D eigenvalue weighted by Gasteiger charge is -1.98. The monoisotopic (exact) mass is 260 g/mol. The predicted molar refractivity (Wildman–Crippen MR) is 60.3 cm³/mol. The van der Waals surface area contributed by atoms with Crippen molar-refractivity contribution >= 4 is 33.0 Å². The summed E-state index contributed by atoms with van der Waals surface area (Å²) in [7, 11) is 0. The first-order chi connectivity index (χ1) is 6.24. The minimum atomic E-state index is 0.376. The fourth-order valence-corrected chi connectivity index (χ4v) is 2.70. The highest BCUT2D eigenvalue weighted by Gasteiger charge is 2.04. The van der Waals surface area contributed by atoms with E-state index < -0.39 is 0 Å². The van der Waals surface area contributed by atoms with Gasteiger partial charge in [0.1, 0.15) is 5.78 Å². The molecule has 0 amide bonds. The summed E-state index contributed by atoms with van der Waals surface area (Å²) >= 11 is 5.13. The van der Waals surface area contributed by atoms with Crippen molar-refractivity contribution in [1.82, 2.24) is 0 Å². The number of rotatable bonds is 5. The molecule has 0 saturated heterocycles. The topological polar surface area (TPSA) is 17.1 Å². The number of Topliss-reactive ketones (excluding diaryl/α,β-unsaturated/α-hetero) is 1. The van der Waals surface area contributed by atoms with Gasteiger partial charge in [0.15, 0.2) is 0 Å². The molecule has 0 fully saturated rings. The number of hydrogen-bond acceptors (Lipinski definition) is 2.